The molecule has 21 heavy (non-hydrogen) atoms. The van der Waals surface area contributed by atoms with Gasteiger partial charge in [-0.3, -0.25) is 4.79 Å². The highest BCUT2D eigenvalue weighted by molar-refractivity contribution is 7.94. The molecule has 4 nitrogen and oxygen atoms in total. The van der Waals surface area contributed by atoms with Crippen molar-refractivity contribution in [2.75, 3.05) is 10.7 Å². The standard InChI is InChI=1S/C16H21NO3S/c1-4-5-16(18)17(15-8-9-21(19,20)11-15)14-7-6-12(2)13(3)10-14/h6-10,15H,4-5,11H2,1-3H3/t15-/m0/s1. The number of hydrogen-bond acceptors (Lipinski definition) is 3. The smallest absolute Gasteiger partial charge is 0.227 e. The Hall–Kier alpha value is -1.62. The highest BCUT2D eigenvalue weighted by Crippen LogP contribution is 2.26. The van der Waals surface area contributed by atoms with Crippen LogP contribution in [0.4, 0.5) is 5.69 Å². The van der Waals surface area contributed by atoms with Crippen molar-refractivity contribution >= 4 is 21.4 Å². The third-order valence-corrected chi connectivity index (χ3v) is 5.12. The van der Waals surface area contributed by atoms with Crippen LogP contribution < -0.4 is 4.90 Å². The molecule has 5 heteroatoms. The molecule has 0 aliphatic carbocycles. The van der Waals surface area contributed by atoms with E-state index in [0.29, 0.717) is 6.42 Å². The van der Waals surface area contributed by atoms with Crippen LogP contribution in [0.1, 0.15) is 30.9 Å². The maximum Gasteiger partial charge on any atom is 0.227 e. The summed E-state index contributed by atoms with van der Waals surface area (Å²) >= 11 is 0. The van der Waals surface area contributed by atoms with Gasteiger partial charge in [0.05, 0.1) is 11.8 Å². The van der Waals surface area contributed by atoms with Gasteiger partial charge in [-0.25, -0.2) is 8.42 Å². The predicted molar refractivity (Wildman–Crippen MR) is 85.0 cm³/mol. The van der Waals surface area contributed by atoms with Gasteiger partial charge < -0.3 is 4.90 Å². The molecule has 0 spiro atoms. The molecule has 0 saturated carbocycles. The zero-order chi connectivity index (χ0) is 15.6. The van der Waals surface area contributed by atoms with E-state index in [0.717, 1.165) is 23.2 Å². The molecule has 0 radical (unpaired) electrons. The minimum atomic E-state index is -3.19. The van der Waals surface area contributed by atoms with Crippen molar-refractivity contribution in [3.63, 3.8) is 0 Å². The quantitative estimate of drug-likeness (QED) is 0.859. The molecule has 0 N–H and O–H groups in total. The van der Waals surface area contributed by atoms with Crippen LogP contribution >= 0.6 is 0 Å². The number of rotatable bonds is 4. The Morgan fingerprint density at radius 2 is 2.00 bits per heavy atom. The average molecular weight is 307 g/mol. The highest BCUT2D eigenvalue weighted by atomic mass is 32.2. The van der Waals surface area contributed by atoms with Gasteiger partial charge in [0, 0.05) is 17.5 Å². The number of aryl methyl sites for hydroxylation is 2. The molecule has 1 amide bonds. The van der Waals surface area contributed by atoms with Crippen molar-refractivity contribution in [1.29, 1.82) is 0 Å². The summed E-state index contributed by atoms with van der Waals surface area (Å²) in [7, 11) is -3.19. The van der Waals surface area contributed by atoms with E-state index in [1.807, 2.05) is 39.0 Å². The van der Waals surface area contributed by atoms with Crippen LogP contribution in [0.5, 0.6) is 0 Å². The van der Waals surface area contributed by atoms with Crippen molar-refractivity contribution in [3.05, 3.63) is 40.8 Å². The van der Waals surface area contributed by atoms with Crippen LogP contribution in [0, 0.1) is 13.8 Å². The highest BCUT2D eigenvalue weighted by Gasteiger charge is 2.31. The van der Waals surface area contributed by atoms with Crippen molar-refractivity contribution in [1.82, 2.24) is 0 Å². The topological polar surface area (TPSA) is 54.5 Å². The lowest BCUT2D eigenvalue weighted by molar-refractivity contribution is -0.118. The molecule has 0 saturated heterocycles. The summed E-state index contributed by atoms with van der Waals surface area (Å²) in [6.45, 7) is 5.94. The van der Waals surface area contributed by atoms with Crippen molar-refractivity contribution in [2.24, 2.45) is 0 Å². The number of hydrogen-bond donors (Lipinski definition) is 0. The summed E-state index contributed by atoms with van der Waals surface area (Å²) in [6, 6.07) is 5.39. The van der Waals surface area contributed by atoms with E-state index in [4.69, 9.17) is 0 Å². The number of carbonyl (C=O) groups excluding carboxylic acids is 1. The molecule has 2 rings (SSSR count). The van der Waals surface area contributed by atoms with Gasteiger partial charge in [-0.15, -0.1) is 0 Å². The van der Waals surface area contributed by atoms with Gasteiger partial charge >= 0.3 is 0 Å². The molecule has 1 aliphatic heterocycles. The Bertz CT molecular complexity index is 677. The van der Waals surface area contributed by atoms with Crippen molar-refractivity contribution in [3.8, 4) is 0 Å². The maximum atomic E-state index is 12.4. The van der Waals surface area contributed by atoms with Crippen molar-refractivity contribution in [2.45, 2.75) is 39.7 Å². The molecule has 1 aromatic carbocycles. The minimum absolute atomic E-state index is 0.0324. The normalized spacial score (nSPS) is 19.7. The van der Waals surface area contributed by atoms with E-state index < -0.39 is 15.9 Å². The first-order valence-corrected chi connectivity index (χ1v) is 8.86. The first kappa shape index (κ1) is 15.8. The molecule has 1 aromatic rings. The van der Waals surface area contributed by atoms with Gasteiger partial charge in [-0.05, 0) is 49.6 Å². The van der Waals surface area contributed by atoms with Gasteiger partial charge in [0.2, 0.25) is 5.91 Å². The molecule has 1 heterocycles. The number of amides is 1. The molecule has 114 valence electrons. The average Bonchev–Trinajstić information content (AvgIpc) is 2.74. The Balaban J connectivity index is 2.39. The summed E-state index contributed by atoms with van der Waals surface area (Å²) in [4.78, 5) is 14.1. The lowest BCUT2D eigenvalue weighted by atomic mass is 10.1. The Kier molecular flexibility index (Phi) is 4.52. The number of carbonyl (C=O) groups is 1. The minimum Gasteiger partial charge on any atom is -0.304 e. The molecule has 0 aromatic heterocycles. The van der Waals surface area contributed by atoms with E-state index in [-0.39, 0.29) is 11.7 Å². The van der Waals surface area contributed by atoms with Crippen LogP contribution in [-0.2, 0) is 14.6 Å². The molecule has 1 aliphatic rings. The number of benzene rings is 1. The van der Waals surface area contributed by atoms with Crippen LogP contribution in [-0.4, -0.2) is 26.1 Å². The number of sulfone groups is 1. The van der Waals surface area contributed by atoms with Gasteiger partial charge in [-0.1, -0.05) is 13.0 Å². The summed E-state index contributed by atoms with van der Waals surface area (Å²) in [5.41, 5.74) is 3.01. The monoisotopic (exact) mass is 307 g/mol. The Morgan fingerprint density at radius 1 is 1.29 bits per heavy atom. The van der Waals surface area contributed by atoms with E-state index >= 15 is 0 Å². The zero-order valence-corrected chi connectivity index (χ0v) is 13.5. The predicted octanol–water partition coefficient (Wildman–Crippen LogP) is 2.75. The van der Waals surface area contributed by atoms with E-state index in [9.17, 15) is 13.2 Å². The maximum absolute atomic E-state index is 12.4. The summed E-state index contributed by atoms with van der Waals surface area (Å²) in [5.74, 6) is -0.0671. The summed E-state index contributed by atoms with van der Waals surface area (Å²) in [5, 5.41) is 1.21. The molecule has 0 bridgehead atoms. The van der Waals surface area contributed by atoms with Gasteiger partial charge in [-0.2, -0.15) is 0 Å². The number of anilines is 1. The van der Waals surface area contributed by atoms with Crippen LogP contribution in [0.15, 0.2) is 29.7 Å². The van der Waals surface area contributed by atoms with E-state index in [1.165, 1.54) is 5.41 Å². The number of nitrogens with zero attached hydrogens (tertiary/aromatic N) is 1. The molecule has 0 unspecified atom stereocenters. The largest absolute Gasteiger partial charge is 0.304 e. The molecule has 0 fully saturated rings. The summed E-state index contributed by atoms with van der Waals surface area (Å²) in [6.07, 6.45) is 2.76. The first-order chi connectivity index (χ1) is 9.84. The molecule has 1 atom stereocenters. The van der Waals surface area contributed by atoms with Crippen LogP contribution in [0.2, 0.25) is 0 Å². The van der Waals surface area contributed by atoms with E-state index in [1.54, 1.807) is 11.0 Å². The fraction of sp³-hybridized carbons (Fsp3) is 0.438. The summed E-state index contributed by atoms with van der Waals surface area (Å²) < 4.78 is 23.3. The Labute approximate surface area is 126 Å². The third kappa shape index (κ3) is 3.53. The molecular formula is C16H21NO3S. The van der Waals surface area contributed by atoms with Gasteiger partial charge in [0.1, 0.15) is 0 Å². The van der Waals surface area contributed by atoms with Crippen LogP contribution in [0.3, 0.4) is 0 Å². The first-order valence-electron chi connectivity index (χ1n) is 7.14. The fourth-order valence-corrected chi connectivity index (χ4v) is 3.72. The lowest BCUT2D eigenvalue weighted by Gasteiger charge is -2.28. The SMILES string of the molecule is CCCC(=O)N(c1ccc(C)c(C)c1)[C@H]1C=CS(=O)(=O)C1. The van der Waals surface area contributed by atoms with E-state index in [2.05, 4.69) is 0 Å². The second-order valence-corrected chi connectivity index (χ2v) is 7.44. The van der Waals surface area contributed by atoms with Gasteiger partial charge in [0.25, 0.3) is 0 Å². The lowest BCUT2D eigenvalue weighted by Crippen LogP contribution is -2.41. The van der Waals surface area contributed by atoms with Crippen LogP contribution in [0.25, 0.3) is 0 Å². The second-order valence-electron chi connectivity index (χ2n) is 5.51. The second kappa shape index (κ2) is 6.02. The van der Waals surface area contributed by atoms with Crippen molar-refractivity contribution < 1.29 is 13.2 Å². The molecular weight excluding hydrogens is 286 g/mol. The van der Waals surface area contributed by atoms with Gasteiger partial charge in [0.15, 0.2) is 9.84 Å². The fourth-order valence-electron chi connectivity index (χ4n) is 2.45. The Morgan fingerprint density at radius 3 is 2.52 bits per heavy atom. The third-order valence-electron chi connectivity index (χ3n) is 3.74. The zero-order valence-electron chi connectivity index (χ0n) is 12.7.